The molecule has 0 spiro atoms. The standard InChI is InChI=1S/C17H20FNO2/c1-3-17(12-20,15-6-4-5-7-16(15)18)19-13-8-10-14(21-2)11-9-13/h4-11,19-20H,3,12H2,1-2H3. The van der Waals surface area contributed by atoms with Gasteiger partial charge in [-0.1, -0.05) is 25.1 Å². The number of hydrogen-bond donors (Lipinski definition) is 2. The van der Waals surface area contributed by atoms with Crippen LogP contribution in [0.4, 0.5) is 10.1 Å². The molecule has 0 bridgehead atoms. The molecule has 0 aromatic heterocycles. The third-order valence-electron chi connectivity index (χ3n) is 3.74. The summed E-state index contributed by atoms with van der Waals surface area (Å²) in [6.45, 7) is 1.72. The number of benzene rings is 2. The van der Waals surface area contributed by atoms with Crippen LogP contribution < -0.4 is 10.1 Å². The van der Waals surface area contributed by atoms with Gasteiger partial charge < -0.3 is 15.2 Å². The van der Waals surface area contributed by atoms with Crippen LogP contribution in [-0.2, 0) is 5.54 Å². The van der Waals surface area contributed by atoms with E-state index >= 15 is 0 Å². The number of nitrogens with one attached hydrogen (secondary N) is 1. The zero-order valence-corrected chi connectivity index (χ0v) is 12.3. The molecule has 0 heterocycles. The molecule has 0 amide bonds. The summed E-state index contributed by atoms with van der Waals surface area (Å²) in [5.74, 6) is 0.423. The first kappa shape index (κ1) is 15.3. The minimum absolute atomic E-state index is 0.198. The number of methoxy groups -OCH3 is 1. The van der Waals surface area contributed by atoms with Crippen molar-refractivity contribution in [1.29, 1.82) is 0 Å². The average molecular weight is 289 g/mol. The zero-order chi connectivity index (χ0) is 15.3. The van der Waals surface area contributed by atoms with Crippen molar-refractivity contribution in [2.24, 2.45) is 0 Å². The van der Waals surface area contributed by atoms with Gasteiger partial charge in [-0.15, -0.1) is 0 Å². The van der Waals surface area contributed by atoms with Crippen molar-refractivity contribution in [3.63, 3.8) is 0 Å². The van der Waals surface area contributed by atoms with E-state index in [-0.39, 0.29) is 12.4 Å². The zero-order valence-electron chi connectivity index (χ0n) is 12.3. The van der Waals surface area contributed by atoms with E-state index in [1.807, 2.05) is 31.2 Å². The van der Waals surface area contributed by atoms with Crippen LogP contribution in [-0.4, -0.2) is 18.8 Å². The molecule has 0 radical (unpaired) electrons. The lowest BCUT2D eigenvalue weighted by Gasteiger charge is -2.34. The van der Waals surface area contributed by atoms with E-state index in [1.165, 1.54) is 6.07 Å². The number of rotatable bonds is 6. The Kier molecular flexibility index (Phi) is 4.81. The fourth-order valence-corrected chi connectivity index (χ4v) is 2.38. The van der Waals surface area contributed by atoms with Gasteiger partial charge in [0.25, 0.3) is 0 Å². The van der Waals surface area contributed by atoms with Gasteiger partial charge in [-0.2, -0.15) is 0 Å². The molecular weight excluding hydrogens is 269 g/mol. The van der Waals surface area contributed by atoms with E-state index in [2.05, 4.69) is 5.32 Å². The van der Waals surface area contributed by atoms with E-state index in [9.17, 15) is 9.50 Å². The molecule has 2 aromatic carbocycles. The average Bonchev–Trinajstić information content (AvgIpc) is 2.54. The highest BCUT2D eigenvalue weighted by Crippen LogP contribution is 2.31. The number of halogens is 1. The Morgan fingerprint density at radius 2 is 1.81 bits per heavy atom. The molecule has 2 rings (SSSR count). The Morgan fingerprint density at radius 1 is 1.14 bits per heavy atom. The van der Waals surface area contributed by atoms with Crippen LogP contribution in [0.15, 0.2) is 48.5 Å². The molecule has 2 aromatic rings. The van der Waals surface area contributed by atoms with Gasteiger partial charge in [-0.25, -0.2) is 4.39 Å². The van der Waals surface area contributed by atoms with Crippen LogP contribution >= 0.6 is 0 Å². The Hall–Kier alpha value is -2.07. The van der Waals surface area contributed by atoms with Crippen molar-refractivity contribution in [3.8, 4) is 5.75 Å². The van der Waals surface area contributed by atoms with Crippen LogP contribution in [0.25, 0.3) is 0 Å². The summed E-state index contributed by atoms with van der Waals surface area (Å²) >= 11 is 0. The molecule has 2 N–H and O–H groups in total. The molecule has 1 unspecified atom stereocenters. The van der Waals surface area contributed by atoms with Crippen molar-refractivity contribution >= 4 is 5.69 Å². The predicted molar refractivity (Wildman–Crippen MR) is 82.1 cm³/mol. The Balaban J connectivity index is 2.36. The molecule has 3 nitrogen and oxygen atoms in total. The molecule has 0 saturated heterocycles. The molecule has 1 atom stereocenters. The van der Waals surface area contributed by atoms with E-state index < -0.39 is 5.54 Å². The maximum absolute atomic E-state index is 14.1. The number of anilines is 1. The quantitative estimate of drug-likeness (QED) is 0.854. The Labute approximate surface area is 124 Å². The van der Waals surface area contributed by atoms with Gasteiger partial charge in [0.05, 0.1) is 19.3 Å². The molecule has 112 valence electrons. The molecule has 0 saturated carbocycles. The molecular formula is C17H20FNO2. The van der Waals surface area contributed by atoms with Crippen LogP contribution in [0.2, 0.25) is 0 Å². The van der Waals surface area contributed by atoms with Crippen LogP contribution in [0, 0.1) is 5.82 Å². The number of ether oxygens (including phenoxy) is 1. The smallest absolute Gasteiger partial charge is 0.128 e. The first-order valence-electron chi connectivity index (χ1n) is 6.93. The first-order valence-corrected chi connectivity index (χ1v) is 6.93. The summed E-state index contributed by atoms with van der Waals surface area (Å²) in [7, 11) is 1.60. The second-order valence-electron chi connectivity index (χ2n) is 4.93. The minimum atomic E-state index is -0.847. The van der Waals surface area contributed by atoms with Crippen LogP contribution in [0.5, 0.6) is 5.75 Å². The van der Waals surface area contributed by atoms with Gasteiger partial charge in [0, 0.05) is 11.3 Å². The lowest BCUT2D eigenvalue weighted by atomic mass is 9.87. The van der Waals surface area contributed by atoms with Gasteiger partial charge in [-0.05, 0) is 36.8 Å². The van der Waals surface area contributed by atoms with Gasteiger partial charge >= 0.3 is 0 Å². The van der Waals surface area contributed by atoms with Gasteiger partial charge in [0.1, 0.15) is 11.6 Å². The van der Waals surface area contributed by atoms with Crippen molar-refractivity contribution in [2.75, 3.05) is 19.0 Å². The van der Waals surface area contributed by atoms with Gasteiger partial charge in [0.2, 0.25) is 0 Å². The highest BCUT2D eigenvalue weighted by molar-refractivity contribution is 5.50. The van der Waals surface area contributed by atoms with E-state index in [0.717, 1.165) is 11.4 Å². The van der Waals surface area contributed by atoms with Crippen LogP contribution in [0.1, 0.15) is 18.9 Å². The second-order valence-corrected chi connectivity index (χ2v) is 4.93. The lowest BCUT2D eigenvalue weighted by molar-refractivity contribution is 0.204. The highest BCUT2D eigenvalue weighted by atomic mass is 19.1. The topological polar surface area (TPSA) is 41.5 Å². The third-order valence-corrected chi connectivity index (χ3v) is 3.74. The summed E-state index contributed by atoms with van der Waals surface area (Å²) < 4.78 is 19.2. The number of aliphatic hydroxyl groups is 1. The van der Waals surface area contributed by atoms with Crippen LogP contribution in [0.3, 0.4) is 0 Å². The monoisotopic (exact) mass is 289 g/mol. The molecule has 0 aliphatic carbocycles. The van der Waals surface area contributed by atoms with E-state index in [4.69, 9.17) is 4.74 Å². The largest absolute Gasteiger partial charge is 0.497 e. The summed E-state index contributed by atoms with van der Waals surface area (Å²) in [6.07, 6.45) is 0.552. The fraction of sp³-hybridized carbons (Fsp3) is 0.294. The summed E-state index contributed by atoms with van der Waals surface area (Å²) in [5.41, 5.74) is 0.417. The van der Waals surface area contributed by atoms with Gasteiger partial charge in [0.15, 0.2) is 0 Å². The maximum Gasteiger partial charge on any atom is 0.128 e. The first-order chi connectivity index (χ1) is 10.1. The highest BCUT2D eigenvalue weighted by Gasteiger charge is 2.32. The summed E-state index contributed by atoms with van der Waals surface area (Å²) in [6, 6.07) is 13.9. The molecule has 21 heavy (non-hydrogen) atoms. The fourth-order valence-electron chi connectivity index (χ4n) is 2.38. The maximum atomic E-state index is 14.1. The van der Waals surface area contributed by atoms with Crippen molar-refractivity contribution in [3.05, 3.63) is 59.9 Å². The van der Waals surface area contributed by atoms with E-state index in [1.54, 1.807) is 25.3 Å². The molecule has 0 aliphatic rings. The van der Waals surface area contributed by atoms with Crippen molar-refractivity contribution in [2.45, 2.75) is 18.9 Å². The minimum Gasteiger partial charge on any atom is -0.497 e. The molecule has 0 fully saturated rings. The normalized spacial score (nSPS) is 13.5. The third kappa shape index (κ3) is 3.16. The van der Waals surface area contributed by atoms with E-state index in [0.29, 0.717) is 12.0 Å². The summed E-state index contributed by atoms with van der Waals surface area (Å²) in [4.78, 5) is 0. The molecule has 4 heteroatoms. The predicted octanol–water partition coefficient (Wildman–Crippen LogP) is 3.54. The Bertz CT molecular complexity index is 580. The van der Waals surface area contributed by atoms with Gasteiger partial charge in [-0.3, -0.25) is 0 Å². The SMILES string of the molecule is CCC(CO)(Nc1ccc(OC)cc1)c1ccccc1F. The Morgan fingerprint density at radius 3 is 2.33 bits per heavy atom. The van der Waals surface area contributed by atoms with Crippen molar-refractivity contribution in [1.82, 2.24) is 0 Å². The number of hydrogen-bond acceptors (Lipinski definition) is 3. The van der Waals surface area contributed by atoms with Crippen molar-refractivity contribution < 1.29 is 14.2 Å². The summed E-state index contributed by atoms with van der Waals surface area (Å²) in [5, 5.41) is 13.1. The lowest BCUT2D eigenvalue weighted by Crippen LogP contribution is -2.39. The number of aliphatic hydroxyl groups excluding tert-OH is 1. The molecule has 0 aliphatic heterocycles. The second kappa shape index (κ2) is 6.59.